The summed E-state index contributed by atoms with van der Waals surface area (Å²) in [5.74, 6) is 2.84. The number of carboxylic acids is 1. The van der Waals surface area contributed by atoms with Gasteiger partial charge in [0.15, 0.2) is 8.32 Å². The van der Waals surface area contributed by atoms with Crippen molar-refractivity contribution < 1.29 is 28.0 Å². The average Bonchev–Trinajstić information content (AvgIpc) is 1.65. The molecule has 1 heterocycles. The number of carbonyl (C=O) groups excluding carboxylic acids is 2. The Kier molecular flexibility index (Phi) is 79.4. The van der Waals surface area contributed by atoms with E-state index in [4.69, 9.17) is 28.4 Å². The van der Waals surface area contributed by atoms with E-state index in [2.05, 4.69) is 508 Å². The van der Waals surface area contributed by atoms with E-state index in [0.717, 1.165) is 50.2 Å². The molecule has 22 heteroatoms. The number of para-hydroxylation sites is 4. The maximum atomic E-state index is 10.0. The molecule has 0 radical (unpaired) electrons. The number of unbranched alkanes of at least 4 members (excludes halogenated alkanes) is 2. The number of benzene rings is 9. The second kappa shape index (κ2) is 81.1. The number of halogens is 1. The van der Waals surface area contributed by atoms with Gasteiger partial charge in [0.2, 0.25) is 0 Å². The molecule has 9 aromatic carbocycles. The van der Waals surface area contributed by atoms with Crippen LogP contribution in [0.25, 0.3) is 0 Å². The predicted molar refractivity (Wildman–Crippen MR) is 674 cm³/mol. The van der Waals surface area contributed by atoms with Crippen molar-refractivity contribution in [1.29, 1.82) is 0 Å². The maximum absolute atomic E-state index is 10.0. The molecule has 0 bridgehead atoms. The van der Waals surface area contributed by atoms with Crippen LogP contribution in [0.3, 0.4) is 0 Å². The quantitative estimate of drug-likeness (QED) is 0.0105. The Balaban J connectivity index is 0. The summed E-state index contributed by atoms with van der Waals surface area (Å²) in [5, 5.41) is 13.5. The van der Waals surface area contributed by atoms with E-state index >= 15 is 0 Å². The molecule has 782 valence electrons. The van der Waals surface area contributed by atoms with Gasteiger partial charge in [-0.25, -0.2) is 0 Å². The molecule has 10 rings (SSSR count). The van der Waals surface area contributed by atoms with Crippen molar-refractivity contribution >= 4 is 190 Å². The molecule has 0 spiro atoms. The van der Waals surface area contributed by atoms with E-state index in [1.807, 2.05) is 6.66 Å². The van der Waals surface area contributed by atoms with Gasteiger partial charge in [0.05, 0.1) is 24.5 Å². The second-order valence-corrected chi connectivity index (χ2v) is 66.9. The minimum Gasteiger partial charge on any atom is -0.481 e. The Morgan fingerprint density at radius 2 is 0.652 bits per heavy atom. The number of aryl methyl sites for hydroxylation is 2. The van der Waals surface area contributed by atoms with Gasteiger partial charge in [-0.05, 0) is 270 Å². The number of anilines is 2. The molecule has 4 unspecified atom stereocenters. The average molecular weight is 2230 g/mol. The number of aliphatic carboxylic acids is 1. The lowest BCUT2D eigenvalue weighted by Crippen LogP contribution is -2.34. The topological polar surface area (TPSA) is 121 Å². The number of hydrogen-bond donors (Lipinski definition) is 1. The summed E-state index contributed by atoms with van der Waals surface area (Å²) < 4.78 is 12.0. The normalized spacial score (nSPS) is 11.8. The highest BCUT2D eigenvalue weighted by molar-refractivity contribution is 14.1. The van der Waals surface area contributed by atoms with Crippen LogP contribution >= 0.6 is 87.5 Å². The summed E-state index contributed by atoms with van der Waals surface area (Å²) >= 11 is 6.72. The number of nitrogens with zero attached hydrogens (tertiary/aromatic N) is 4. The largest absolute Gasteiger partial charge is 0.481 e. The maximum Gasteiger partial charge on any atom is 0.307 e. The molecule has 141 heavy (non-hydrogen) atoms. The third-order valence-electron chi connectivity index (χ3n) is 21.8. The molecule has 0 aliphatic carbocycles. The first-order valence-corrected chi connectivity index (χ1v) is 71.7. The summed E-state index contributed by atoms with van der Waals surface area (Å²) in [6.45, 7) is 73.5. The zero-order valence-corrected chi connectivity index (χ0v) is 107. The van der Waals surface area contributed by atoms with E-state index in [1.54, 1.807) is 7.11 Å². The van der Waals surface area contributed by atoms with E-state index in [-0.39, 0.29) is 48.7 Å². The molecule has 10 nitrogen and oxygen atoms in total. The molecule has 0 fully saturated rings. The molecule has 0 saturated heterocycles. The SMILES string of the molecule is CC(=O)CC(C)=O.CC(=O)O.CC(C)c1cccc(C(C)C)c1N1C=CN(c2c(C(C)C)cccc2C(C)C)C1.CC(CC(C)=Nc1c(C(C)C)cccc1C(C)C)=Nc1c(C(C)C)cccc1C(C)C.CCCC.CCCC.CCCI.CCCP(CCP(c1ccccc1)c1ccccc1)CCP(c1ccccc1)c1ccccc1.CO[SiH](C)O[Si](C)(C)C.CP=S.Cc1ccccc1C.PP(P)P. The standard InChI is InChI=1S/C31H35P3.C29H42N2.C27H38N2.C8H10.C5H16O2Si2.C5H8O2.2C4H10.C3H7I.C2H4O2.CH3PS.H6P4/c1-2-23-32(24-26-33(28-15-7-3-8-16-28)29-17-9-4-10-18-29)25-27-34(30-19-11-5-12-20-30)31-21-13-6-14-22-31;1-18(2)24-13-11-14-25(19(3)4)28(24)30-22(9)17-23(10)31-29-26(20(5)6)15-12-16-27(29)21(7)8;1-18(2)22-11-9-12-23(19(3)4)26(22)28-15-16-29(17-28)27-24(20(5)6)13-10-14-25(27)21(7)8;1-7-5-3-4-6-8(7)2;1-6-8(2)7-9(3,4)5;1-4(6)3-5(2)7;2*1-3-4-2;1-2-3-4;1-2(3)4;1-2-3;1-4(2)3/h3-22H,2,23-27H2,1H3;11-16,18-21H,17H2,1-10H3;9-16,18-21H,17H2,1-8H3;3-6H,1-2H3;8H,1-5H3;3H2,1-2H3;2*3-4H2,1-2H3;2-3H2,1H3;1H3,(H,3,4);1H3;1-3H2. The summed E-state index contributed by atoms with van der Waals surface area (Å²) in [5.41, 5.74) is 21.1. The first-order chi connectivity index (χ1) is 66.6. The van der Waals surface area contributed by atoms with E-state index in [9.17, 15) is 9.59 Å². The van der Waals surface area contributed by atoms with Crippen molar-refractivity contribution in [2.45, 2.75) is 326 Å². The number of carboxylic acid groups (broad SMARTS) is 1. The number of rotatable bonds is 34. The highest BCUT2D eigenvalue weighted by Crippen LogP contribution is 2.60. The third kappa shape index (κ3) is 61.0. The summed E-state index contributed by atoms with van der Waals surface area (Å²) in [6, 6.07) is 80.1. The lowest BCUT2D eigenvalue weighted by molar-refractivity contribution is -0.134. The first kappa shape index (κ1) is 138. The van der Waals surface area contributed by atoms with E-state index < -0.39 is 23.6 Å². The fourth-order valence-electron chi connectivity index (χ4n) is 14.4. The fraction of sp³-hybridized carbons (Fsp3) is 0.487. The molecule has 9 aromatic rings. The van der Waals surface area contributed by atoms with Gasteiger partial charge in [0.25, 0.3) is 5.97 Å². The van der Waals surface area contributed by atoms with Crippen LogP contribution in [0.4, 0.5) is 22.7 Å². The number of aliphatic imine (C=N–C) groups is 2. The zero-order valence-electron chi connectivity index (χ0n) is 93.8. The van der Waals surface area contributed by atoms with Crippen molar-refractivity contribution in [3.63, 3.8) is 0 Å². The number of alkyl halides is 1. The van der Waals surface area contributed by atoms with Crippen LogP contribution in [-0.2, 0) is 34.7 Å². The van der Waals surface area contributed by atoms with Gasteiger partial charge in [0, 0.05) is 55.7 Å². The Hall–Kier alpha value is -4.92. The third-order valence-corrected chi connectivity index (χ3v) is 36.3. The fourth-order valence-corrected chi connectivity index (χ4v) is 27.7. The monoisotopic (exact) mass is 2230 g/mol. The molecule has 1 N–H and O–H groups in total. The molecule has 0 aromatic heterocycles. The van der Waals surface area contributed by atoms with Gasteiger partial charge >= 0.3 is 9.28 Å². The molecule has 4 atom stereocenters. The van der Waals surface area contributed by atoms with Crippen molar-refractivity contribution in [1.82, 2.24) is 0 Å². The Morgan fingerprint density at radius 3 is 0.830 bits per heavy atom. The highest BCUT2D eigenvalue weighted by atomic mass is 127. The van der Waals surface area contributed by atoms with Crippen LogP contribution in [-0.4, -0.2) is 107 Å². The van der Waals surface area contributed by atoms with Gasteiger partial charge in [-0.15, -0.1) is 34.7 Å². The number of ketones is 2. The molecular formula is C119H189IN4O6P8SSi2. The van der Waals surface area contributed by atoms with Crippen molar-refractivity contribution in [2.24, 2.45) is 9.98 Å². The zero-order chi connectivity index (χ0) is 107. The van der Waals surface area contributed by atoms with Gasteiger partial charge in [-0.3, -0.25) is 24.4 Å². The van der Waals surface area contributed by atoms with Crippen LogP contribution < -0.4 is 31.0 Å². The highest BCUT2D eigenvalue weighted by Gasteiger charge is 2.28. The lowest BCUT2D eigenvalue weighted by atomic mass is 9.91. The molecule has 0 saturated carbocycles. The lowest BCUT2D eigenvalue weighted by Gasteiger charge is -2.31. The van der Waals surface area contributed by atoms with E-state index in [1.165, 1.54) is 176 Å². The van der Waals surface area contributed by atoms with Crippen LogP contribution in [0, 0.1) is 13.8 Å². The summed E-state index contributed by atoms with van der Waals surface area (Å²) in [7, 11) is 7.59. The van der Waals surface area contributed by atoms with Crippen LogP contribution in [0.1, 0.15) is 341 Å². The molecular weight excluding hydrogens is 2040 g/mol. The summed E-state index contributed by atoms with van der Waals surface area (Å²) in [4.78, 5) is 44.2. The second-order valence-electron chi connectivity index (χ2n) is 38.7. The first-order valence-electron chi connectivity index (χ1n) is 51.1. The van der Waals surface area contributed by atoms with Crippen molar-refractivity contribution in [2.75, 3.05) is 65.5 Å². The number of carbonyl (C=O) groups is 3. The predicted octanol–water partition coefficient (Wildman–Crippen LogP) is 37.1. The van der Waals surface area contributed by atoms with Crippen LogP contribution in [0.5, 0.6) is 0 Å². The van der Waals surface area contributed by atoms with E-state index in [0.29, 0.717) is 47.3 Å². The Morgan fingerprint density at radius 1 is 0.418 bits per heavy atom. The van der Waals surface area contributed by atoms with Crippen LogP contribution in [0.15, 0.2) is 241 Å². The van der Waals surface area contributed by atoms with Crippen molar-refractivity contribution in [3.05, 3.63) is 286 Å². The Bertz CT molecular complexity index is 4450. The number of hydrogen-bond acceptors (Lipinski definition) is 10. The minimum atomic E-state index is -1.30. The van der Waals surface area contributed by atoms with Gasteiger partial charge in [0.1, 0.15) is 11.6 Å². The van der Waals surface area contributed by atoms with Crippen molar-refractivity contribution in [3.8, 4) is 0 Å². The summed E-state index contributed by atoms with van der Waals surface area (Å²) in [6.07, 6.45) is 20.1. The van der Waals surface area contributed by atoms with Gasteiger partial charge in [-0.2, -0.15) is 0 Å². The molecule has 1 aliphatic rings. The molecule has 0 amide bonds. The Labute approximate surface area is 897 Å². The van der Waals surface area contributed by atoms with Gasteiger partial charge in [-0.1, -0.05) is 437 Å². The van der Waals surface area contributed by atoms with Crippen LogP contribution in [0.2, 0.25) is 26.2 Å². The van der Waals surface area contributed by atoms with Gasteiger partial charge < -0.3 is 23.4 Å². The molecule has 1 aliphatic heterocycles. The smallest absolute Gasteiger partial charge is 0.307 e. The minimum absolute atomic E-state index is 0.0452. The number of Topliss-reactive ketones (excluding diaryl/α,β-unsaturated/α-hetero) is 2.